The van der Waals surface area contributed by atoms with Crippen LogP contribution in [0.25, 0.3) is 0 Å². The topological polar surface area (TPSA) is 80.9 Å². The van der Waals surface area contributed by atoms with Gasteiger partial charge in [-0.15, -0.1) is 0 Å². The highest BCUT2D eigenvalue weighted by molar-refractivity contribution is 5.15. The molecule has 3 aromatic carbocycles. The predicted molar refractivity (Wildman–Crippen MR) is 136 cm³/mol. The Kier molecular flexibility index (Phi) is 10.0. The molecule has 4 rings (SSSR count). The van der Waals surface area contributed by atoms with E-state index in [4.69, 9.17) is 24.2 Å². The van der Waals surface area contributed by atoms with E-state index >= 15 is 0 Å². The van der Waals surface area contributed by atoms with Crippen molar-refractivity contribution in [3.63, 3.8) is 0 Å². The normalized spacial score (nSPS) is 23.7. The lowest BCUT2D eigenvalue weighted by Crippen LogP contribution is -2.60. The first-order chi connectivity index (χ1) is 17.7. The first-order valence-corrected chi connectivity index (χ1v) is 12.4. The minimum Gasteiger partial charge on any atom is -0.388 e. The van der Waals surface area contributed by atoms with Crippen molar-refractivity contribution in [1.82, 2.24) is 0 Å². The van der Waals surface area contributed by atoms with E-state index in [0.29, 0.717) is 26.2 Å². The number of aliphatic hydroxyl groups is 1. The van der Waals surface area contributed by atoms with Crippen molar-refractivity contribution in [2.45, 2.75) is 63.2 Å². The lowest BCUT2D eigenvalue weighted by atomic mass is 9.92. The molecule has 0 spiro atoms. The molecular weight excluding hydrogens is 454 g/mol. The van der Waals surface area contributed by atoms with Crippen molar-refractivity contribution in [3.8, 4) is 6.07 Å². The molecule has 3 aromatic rings. The van der Waals surface area contributed by atoms with Crippen molar-refractivity contribution >= 4 is 0 Å². The minimum absolute atomic E-state index is 0.273. The molecule has 1 heterocycles. The van der Waals surface area contributed by atoms with Crippen LogP contribution in [0, 0.1) is 11.3 Å². The van der Waals surface area contributed by atoms with E-state index in [-0.39, 0.29) is 13.0 Å². The lowest BCUT2D eigenvalue weighted by Gasteiger charge is -2.44. The van der Waals surface area contributed by atoms with Crippen molar-refractivity contribution in [2.75, 3.05) is 6.61 Å². The van der Waals surface area contributed by atoms with Crippen LogP contribution in [0.2, 0.25) is 0 Å². The molecule has 0 aliphatic carbocycles. The fourth-order valence-electron chi connectivity index (χ4n) is 4.38. The van der Waals surface area contributed by atoms with Crippen LogP contribution in [0.15, 0.2) is 91.0 Å². The Hall–Kier alpha value is -3.05. The third kappa shape index (κ3) is 7.47. The van der Waals surface area contributed by atoms with Crippen LogP contribution >= 0.6 is 0 Å². The first kappa shape index (κ1) is 26.0. The van der Waals surface area contributed by atoms with E-state index in [1.165, 1.54) is 0 Å². The molecule has 1 N–H and O–H groups in total. The highest BCUT2D eigenvalue weighted by Crippen LogP contribution is 2.30. The van der Waals surface area contributed by atoms with Gasteiger partial charge in [0, 0.05) is 6.42 Å². The van der Waals surface area contributed by atoms with Gasteiger partial charge in [-0.25, -0.2) is 0 Å². The summed E-state index contributed by atoms with van der Waals surface area (Å²) < 4.78 is 25.0. The molecule has 1 fully saturated rings. The Morgan fingerprint density at radius 1 is 0.694 bits per heavy atom. The maximum absolute atomic E-state index is 11.2. The number of benzene rings is 3. The molecule has 0 saturated carbocycles. The Labute approximate surface area is 213 Å². The average molecular weight is 488 g/mol. The van der Waals surface area contributed by atoms with Crippen molar-refractivity contribution in [1.29, 1.82) is 5.26 Å². The van der Waals surface area contributed by atoms with E-state index in [0.717, 1.165) is 16.7 Å². The van der Waals surface area contributed by atoms with Gasteiger partial charge in [0.1, 0.15) is 24.4 Å². The number of hydrogen-bond acceptors (Lipinski definition) is 6. The van der Waals surface area contributed by atoms with Gasteiger partial charge in [0.25, 0.3) is 0 Å². The summed E-state index contributed by atoms with van der Waals surface area (Å²) in [6, 6.07) is 31.8. The van der Waals surface area contributed by atoms with Crippen LogP contribution in [0.4, 0.5) is 0 Å². The van der Waals surface area contributed by atoms with Crippen molar-refractivity contribution < 1.29 is 24.1 Å². The summed E-state index contributed by atoms with van der Waals surface area (Å²) in [5.41, 5.74) is 3.08. The maximum Gasteiger partial charge on any atom is 0.115 e. The van der Waals surface area contributed by atoms with Gasteiger partial charge in [-0.3, -0.25) is 0 Å². The summed E-state index contributed by atoms with van der Waals surface area (Å²) in [4.78, 5) is 0. The monoisotopic (exact) mass is 487 g/mol. The molecule has 1 aliphatic rings. The van der Waals surface area contributed by atoms with E-state index in [1.807, 2.05) is 91.0 Å². The summed E-state index contributed by atoms with van der Waals surface area (Å²) in [5, 5.41) is 20.4. The fourth-order valence-corrected chi connectivity index (χ4v) is 4.38. The van der Waals surface area contributed by atoms with Gasteiger partial charge in [0.2, 0.25) is 0 Å². The molecule has 188 valence electrons. The Morgan fingerprint density at radius 2 is 1.19 bits per heavy atom. The second-order valence-corrected chi connectivity index (χ2v) is 8.92. The third-order valence-corrected chi connectivity index (χ3v) is 6.26. The molecule has 5 atom stereocenters. The van der Waals surface area contributed by atoms with Gasteiger partial charge in [0.15, 0.2) is 0 Å². The maximum atomic E-state index is 11.2. The molecule has 1 saturated heterocycles. The van der Waals surface area contributed by atoms with Gasteiger partial charge in [-0.2, -0.15) is 5.26 Å². The zero-order valence-corrected chi connectivity index (χ0v) is 20.3. The van der Waals surface area contributed by atoms with Gasteiger partial charge >= 0.3 is 0 Å². The van der Waals surface area contributed by atoms with E-state index < -0.39 is 30.5 Å². The number of nitrogens with zero attached hydrogens (tertiary/aromatic N) is 1. The smallest absolute Gasteiger partial charge is 0.115 e. The zero-order valence-electron chi connectivity index (χ0n) is 20.3. The summed E-state index contributed by atoms with van der Waals surface area (Å²) in [6.07, 6.45) is -2.47. The molecule has 0 amide bonds. The first-order valence-electron chi connectivity index (χ1n) is 12.4. The summed E-state index contributed by atoms with van der Waals surface area (Å²) in [7, 11) is 0. The lowest BCUT2D eigenvalue weighted by molar-refractivity contribution is -0.261. The van der Waals surface area contributed by atoms with Gasteiger partial charge in [-0.1, -0.05) is 91.0 Å². The third-order valence-electron chi connectivity index (χ3n) is 6.26. The van der Waals surface area contributed by atoms with Crippen molar-refractivity contribution in [2.24, 2.45) is 0 Å². The highest BCUT2D eigenvalue weighted by atomic mass is 16.6. The summed E-state index contributed by atoms with van der Waals surface area (Å²) in [5.74, 6) is 0. The predicted octanol–water partition coefficient (Wildman–Crippen LogP) is 4.81. The molecule has 0 radical (unpaired) electrons. The number of ether oxygens (including phenoxy) is 4. The van der Waals surface area contributed by atoms with E-state index in [9.17, 15) is 5.11 Å². The quantitative estimate of drug-likeness (QED) is 0.395. The van der Waals surface area contributed by atoms with Crippen LogP contribution in [0.1, 0.15) is 29.5 Å². The SMILES string of the molecule is N#CCC[C@H]1O[C@H](COCc2ccccc2)[C@H](OCc2ccccc2)[C@H](OCc2ccccc2)[C@H]1O. The van der Waals surface area contributed by atoms with Crippen LogP contribution < -0.4 is 0 Å². The fraction of sp³-hybridized carbons (Fsp3) is 0.367. The Balaban J connectivity index is 1.51. The standard InChI is InChI=1S/C30H33NO5/c31-18-10-17-26-28(32)30(35-21-25-15-8-3-9-16-25)29(34-20-24-13-6-2-7-14-24)27(36-26)22-33-19-23-11-4-1-5-12-23/h1-9,11-16,26-30,32H,10,17,19-22H2/t26-,27-,28+,29+,30-/m1/s1. The molecule has 1 aliphatic heterocycles. The second kappa shape index (κ2) is 13.9. The molecule has 6 heteroatoms. The molecular formula is C30H33NO5. The van der Waals surface area contributed by atoms with Crippen LogP contribution in [-0.2, 0) is 38.8 Å². The second-order valence-electron chi connectivity index (χ2n) is 8.92. The molecule has 6 nitrogen and oxygen atoms in total. The van der Waals surface area contributed by atoms with Gasteiger partial charge < -0.3 is 24.1 Å². The van der Waals surface area contributed by atoms with Crippen LogP contribution in [0.3, 0.4) is 0 Å². The zero-order chi connectivity index (χ0) is 25.0. The number of hydrogen-bond donors (Lipinski definition) is 1. The largest absolute Gasteiger partial charge is 0.388 e. The minimum atomic E-state index is -0.937. The molecule has 0 unspecified atom stereocenters. The number of rotatable bonds is 12. The molecule has 0 aromatic heterocycles. The van der Waals surface area contributed by atoms with Gasteiger partial charge in [-0.05, 0) is 23.1 Å². The van der Waals surface area contributed by atoms with Crippen molar-refractivity contribution in [3.05, 3.63) is 108 Å². The van der Waals surface area contributed by atoms with Crippen LogP contribution in [0.5, 0.6) is 0 Å². The summed E-state index contributed by atoms with van der Waals surface area (Å²) >= 11 is 0. The van der Waals surface area contributed by atoms with Crippen LogP contribution in [-0.4, -0.2) is 42.2 Å². The number of nitriles is 1. The number of aliphatic hydroxyl groups excluding tert-OH is 1. The average Bonchev–Trinajstić information content (AvgIpc) is 2.93. The molecule has 0 bridgehead atoms. The Bertz CT molecular complexity index is 1060. The van der Waals surface area contributed by atoms with E-state index in [1.54, 1.807) is 0 Å². The molecule has 36 heavy (non-hydrogen) atoms. The Morgan fingerprint density at radius 3 is 1.72 bits per heavy atom. The van der Waals surface area contributed by atoms with Gasteiger partial charge in [0.05, 0.1) is 38.6 Å². The summed E-state index contributed by atoms with van der Waals surface area (Å²) in [6.45, 7) is 1.39. The highest BCUT2D eigenvalue weighted by Gasteiger charge is 2.46. The van der Waals surface area contributed by atoms with E-state index in [2.05, 4.69) is 6.07 Å².